The van der Waals surface area contributed by atoms with Crippen LogP contribution in [0.1, 0.15) is 26.2 Å². The molecule has 5 nitrogen and oxygen atoms in total. The summed E-state index contributed by atoms with van der Waals surface area (Å²) in [5.41, 5.74) is 0. The molecule has 0 spiro atoms. The zero-order valence-corrected chi connectivity index (χ0v) is 14.7. The molecule has 0 N–H and O–H groups in total. The Bertz CT molecular complexity index is 559. The van der Waals surface area contributed by atoms with Crippen molar-refractivity contribution in [2.75, 3.05) is 55.6 Å². The predicted octanol–water partition coefficient (Wildman–Crippen LogP) is 2.79. The molecule has 25 heavy (non-hydrogen) atoms. The van der Waals surface area contributed by atoms with E-state index in [1.807, 2.05) is 6.07 Å². The topological polar surface area (TPSA) is 35.5 Å². The van der Waals surface area contributed by atoms with Crippen LogP contribution in [0, 0.1) is 5.92 Å². The lowest BCUT2D eigenvalue weighted by Gasteiger charge is -2.25. The van der Waals surface area contributed by atoms with Gasteiger partial charge < -0.3 is 9.80 Å². The lowest BCUT2D eigenvalue weighted by Crippen LogP contribution is -2.38. The fourth-order valence-corrected chi connectivity index (χ4v) is 3.74. The highest BCUT2D eigenvalue weighted by Gasteiger charge is 2.32. The molecule has 0 radical (unpaired) electrons. The van der Waals surface area contributed by atoms with E-state index < -0.39 is 12.7 Å². The second-order valence-corrected chi connectivity index (χ2v) is 6.97. The Morgan fingerprint density at radius 2 is 1.80 bits per heavy atom. The summed E-state index contributed by atoms with van der Waals surface area (Å²) in [5.74, 6) is 2.09. The van der Waals surface area contributed by atoms with Crippen molar-refractivity contribution in [2.45, 2.75) is 32.4 Å². The first kappa shape index (κ1) is 18.2. The number of rotatable bonds is 6. The summed E-state index contributed by atoms with van der Waals surface area (Å²) in [7, 11) is 0. The van der Waals surface area contributed by atoms with Gasteiger partial charge in [-0.2, -0.15) is 13.2 Å². The van der Waals surface area contributed by atoms with Crippen LogP contribution in [0.4, 0.5) is 24.8 Å². The highest BCUT2D eigenvalue weighted by atomic mass is 19.4. The average Bonchev–Trinajstić information content (AvgIpc) is 3.25. The Kier molecular flexibility index (Phi) is 5.66. The molecule has 3 rings (SSSR count). The Hall–Kier alpha value is -1.57. The van der Waals surface area contributed by atoms with Crippen LogP contribution >= 0.6 is 0 Å². The minimum Gasteiger partial charge on any atom is -0.356 e. The maximum atomic E-state index is 12.6. The van der Waals surface area contributed by atoms with Crippen LogP contribution < -0.4 is 9.80 Å². The van der Waals surface area contributed by atoms with E-state index in [4.69, 9.17) is 0 Å². The number of halogens is 3. The molecule has 2 saturated heterocycles. The Morgan fingerprint density at radius 3 is 2.44 bits per heavy atom. The molecule has 0 amide bonds. The van der Waals surface area contributed by atoms with Gasteiger partial charge in [-0.25, -0.2) is 9.97 Å². The summed E-state index contributed by atoms with van der Waals surface area (Å²) in [6, 6.07) is 2.01. The average molecular weight is 357 g/mol. The second-order valence-electron chi connectivity index (χ2n) is 6.97. The third kappa shape index (κ3) is 4.96. The van der Waals surface area contributed by atoms with Gasteiger partial charge in [-0.3, -0.25) is 4.90 Å². The van der Waals surface area contributed by atoms with E-state index in [0.29, 0.717) is 13.1 Å². The zero-order valence-electron chi connectivity index (χ0n) is 14.7. The summed E-state index contributed by atoms with van der Waals surface area (Å²) < 4.78 is 37.9. The Morgan fingerprint density at radius 1 is 1.12 bits per heavy atom. The summed E-state index contributed by atoms with van der Waals surface area (Å²) >= 11 is 0. The van der Waals surface area contributed by atoms with Gasteiger partial charge in [-0.1, -0.05) is 6.92 Å². The van der Waals surface area contributed by atoms with Crippen molar-refractivity contribution in [2.24, 2.45) is 5.92 Å². The first-order valence-electron chi connectivity index (χ1n) is 9.05. The van der Waals surface area contributed by atoms with Crippen molar-refractivity contribution in [1.82, 2.24) is 14.9 Å². The maximum absolute atomic E-state index is 12.6. The second kappa shape index (κ2) is 7.76. The summed E-state index contributed by atoms with van der Waals surface area (Å²) in [6.45, 7) is 5.51. The van der Waals surface area contributed by atoms with Crippen LogP contribution in [0.5, 0.6) is 0 Å². The van der Waals surface area contributed by atoms with Gasteiger partial charge in [0, 0.05) is 38.8 Å². The number of aromatic nitrogens is 2. The standard InChI is InChI=1S/C17H26F3N5/c1-2-23(12-17(18,19)20)10-14-5-8-25(11-14)16-9-15(21-13-22-16)24-6-3-4-7-24/h9,13-14H,2-8,10-12H2,1H3. The van der Waals surface area contributed by atoms with Gasteiger partial charge in [0.25, 0.3) is 0 Å². The van der Waals surface area contributed by atoms with Crippen LogP contribution in [-0.4, -0.2) is 66.9 Å². The monoisotopic (exact) mass is 357 g/mol. The summed E-state index contributed by atoms with van der Waals surface area (Å²) in [4.78, 5) is 14.7. The van der Waals surface area contributed by atoms with Gasteiger partial charge in [-0.15, -0.1) is 0 Å². The van der Waals surface area contributed by atoms with Crippen LogP contribution in [0.2, 0.25) is 0 Å². The van der Waals surface area contributed by atoms with Gasteiger partial charge in [-0.05, 0) is 31.7 Å². The van der Waals surface area contributed by atoms with E-state index in [0.717, 1.165) is 44.2 Å². The van der Waals surface area contributed by atoms with E-state index >= 15 is 0 Å². The first-order valence-corrected chi connectivity index (χ1v) is 9.05. The Balaban J connectivity index is 1.58. The molecular weight excluding hydrogens is 331 g/mol. The van der Waals surface area contributed by atoms with Gasteiger partial charge in [0.15, 0.2) is 0 Å². The summed E-state index contributed by atoms with van der Waals surface area (Å²) in [5, 5.41) is 0. The van der Waals surface area contributed by atoms with E-state index in [1.165, 1.54) is 17.7 Å². The molecule has 2 aliphatic rings. The van der Waals surface area contributed by atoms with Gasteiger partial charge >= 0.3 is 6.18 Å². The van der Waals surface area contributed by atoms with Gasteiger partial charge in [0.05, 0.1) is 6.54 Å². The maximum Gasteiger partial charge on any atom is 0.401 e. The molecular formula is C17H26F3N5. The molecule has 140 valence electrons. The number of alkyl halides is 3. The molecule has 2 aliphatic heterocycles. The van der Waals surface area contributed by atoms with Crippen molar-refractivity contribution in [3.05, 3.63) is 12.4 Å². The lowest BCUT2D eigenvalue weighted by atomic mass is 10.1. The van der Waals surface area contributed by atoms with E-state index in [1.54, 1.807) is 13.3 Å². The first-order chi connectivity index (χ1) is 11.9. The predicted molar refractivity (Wildman–Crippen MR) is 92.0 cm³/mol. The molecule has 0 aromatic carbocycles. The van der Waals surface area contributed by atoms with Crippen LogP contribution in [0.3, 0.4) is 0 Å². The number of hydrogen-bond donors (Lipinski definition) is 0. The summed E-state index contributed by atoms with van der Waals surface area (Å²) in [6.07, 6.45) is 0.746. The number of anilines is 2. The fourth-order valence-electron chi connectivity index (χ4n) is 3.74. The highest BCUT2D eigenvalue weighted by Crippen LogP contribution is 2.27. The third-order valence-electron chi connectivity index (χ3n) is 5.04. The van der Waals surface area contributed by atoms with Crippen molar-refractivity contribution in [1.29, 1.82) is 0 Å². The van der Waals surface area contributed by atoms with Gasteiger partial charge in [0.1, 0.15) is 18.0 Å². The van der Waals surface area contributed by atoms with Crippen LogP contribution in [0.15, 0.2) is 12.4 Å². The quantitative estimate of drug-likeness (QED) is 0.782. The molecule has 2 fully saturated rings. The largest absolute Gasteiger partial charge is 0.401 e. The van der Waals surface area contributed by atoms with Gasteiger partial charge in [0.2, 0.25) is 0 Å². The van der Waals surface area contributed by atoms with E-state index in [-0.39, 0.29) is 5.92 Å². The molecule has 8 heteroatoms. The molecule has 1 atom stereocenters. The zero-order chi connectivity index (χ0) is 17.9. The molecule has 1 aromatic rings. The van der Waals surface area contributed by atoms with Crippen LogP contribution in [-0.2, 0) is 0 Å². The molecule has 1 aromatic heterocycles. The van der Waals surface area contributed by atoms with E-state index in [2.05, 4.69) is 19.8 Å². The molecule has 0 aliphatic carbocycles. The van der Waals surface area contributed by atoms with Crippen LogP contribution in [0.25, 0.3) is 0 Å². The molecule has 0 bridgehead atoms. The van der Waals surface area contributed by atoms with Crippen molar-refractivity contribution < 1.29 is 13.2 Å². The molecule has 3 heterocycles. The number of hydrogen-bond acceptors (Lipinski definition) is 5. The van der Waals surface area contributed by atoms with Crippen molar-refractivity contribution in [3.8, 4) is 0 Å². The normalized spacial score (nSPS) is 21.6. The third-order valence-corrected chi connectivity index (χ3v) is 5.04. The fraction of sp³-hybridized carbons (Fsp3) is 0.765. The minimum absolute atomic E-state index is 0.243. The van der Waals surface area contributed by atoms with E-state index in [9.17, 15) is 13.2 Å². The molecule has 0 saturated carbocycles. The lowest BCUT2D eigenvalue weighted by molar-refractivity contribution is -0.146. The Labute approximate surface area is 146 Å². The SMILES string of the molecule is CCN(CC1CCN(c2cc(N3CCCC3)ncn2)C1)CC(F)(F)F. The minimum atomic E-state index is -4.13. The number of nitrogens with zero attached hydrogens (tertiary/aromatic N) is 5. The highest BCUT2D eigenvalue weighted by molar-refractivity contribution is 5.51. The molecule has 1 unspecified atom stereocenters. The van der Waals surface area contributed by atoms with Crippen molar-refractivity contribution in [3.63, 3.8) is 0 Å². The van der Waals surface area contributed by atoms with Crippen molar-refractivity contribution >= 4 is 11.6 Å². The smallest absolute Gasteiger partial charge is 0.356 e.